The highest BCUT2D eigenvalue weighted by Gasteiger charge is 2.25. The number of fused-ring (bicyclic) bond motifs is 1. The van der Waals surface area contributed by atoms with Crippen molar-refractivity contribution < 1.29 is 13.2 Å². The first-order chi connectivity index (χ1) is 13.7. The van der Waals surface area contributed by atoms with E-state index in [0.717, 1.165) is 33.6 Å². The lowest BCUT2D eigenvalue weighted by Crippen LogP contribution is -2.18. The summed E-state index contributed by atoms with van der Waals surface area (Å²) in [6, 6.07) is 15.0. The van der Waals surface area contributed by atoms with E-state index in [4.69, 9.17) is 4.74 Å². The number of nitrogens with one attached hydrogen (secondary N) is 1. The Balaban J connectivity index is 1.94. The van der Waals surface area contributed by atoms with Crippen LogP contribution in [0.2, 0.25) is 0 Å². The lowest BCUT2D eigenvalue weighted by atomic mass is 10.0. The van der Waals surface area contributed by atoms with Crippen LogP contribution in [0, 0.1) is 13.8 Å². The minimum atomic E-state index is -3.81. The molecule has 3 rings (SSSR count). The Bertz CT molecular complexity index is 1120. The van der Waals surface area contributed by atoms with Crippen molar-refractivity contribution in [3.8, 4) is 16.9 Å². The van der Waals surface area contributed by atoms with Gasteiger partial charge in [0.2, 0.25) is 0 Å². The summed E-state index contributed by atoms with van der Waals surface area (Å²) in [6.45, 7) is 8.13. The predicted octanol–water partition coefficient (Wildman–Crippen LogP) is 4.85. The molecule has 5 nitrogen and oxygen atoms in total. The van der Waals surface area contributed by atoms with Gasteiger partial charge < -0.3 is 4.74 Å². The van der Waals surface area contributed by atoms with Gasteiger partial charge in [0.15, 0.2) is 0 Å². The first-order valence-electron chi connectivity index (χ1n) is 9.45. The third-order valence-corrected chi connectivity index (χ3v) is 6.22. The predicted molar refractivity (Wildman–Crippen MR) is 118 cm³/mol. The van der Waals surface area contributed by atoms with Gasteiger partial charge in [-0.25, -0.2) is 4.83 Å². The fourth-order valence-corrected chi connectivity index (χ4v) is 4.43. The van der Waals surface area contributed by atoms with Gasteiger partial charge in [0.1, 0.15) is 5.75 Å². The van der Waals surface area contributed by atoms with Crippen LogP contribution in [0.25, 0.3) is 11.1 Å². The number of ether oxygens (including phenoxy) is 1. The molecule has 1 aromatic rings. The fraction of sp³-hybridized carbons (Fsp3) is 0.261. The molecule has 0 fully saturated rings. The van der Waals surface area contributed by atoms with Gasteiger partial charge in [-0.2, -0.15) is 13.5 Å². The van der Waals surface area contributed by atoms with E-state index in [1.165, 1.54) is 11.8 Å². The Morgan fingerprint density at radius 2 is 1.69 bits per heavy atom. The maximum atomic E-state index is 13.0. The van der Waals surface area contributed by atoms with Crippen molar-refractivity contribution in [1.82, 2.24) is 4.83 Å². The van der Waals surface area contributed by atoms with Gasteiger partial charge in [-0.1, -0.05) is 32.0 Å². The molecule has 0 spiro atoms. The fourth-order valence-electron chi connectivity index (χ4n) is 3.27. The van der Waals surface area contributed by atoms with Gasteiger partial charge in [-0.05, 0) is 77.9 Å². The highest BCUT2D eigenvalue weighted by Crippen LogP contribution is 2.38. The number of hydrazone groups is 1. The maximum absolute atomic E-state index is 13.0. The molecule has 0 unspecified atom stereocenters. The van der Waals surface area contributed by atoms with Gasteiger partial charge in [-0.3, -0.25) is 0 Å². The minimum Gasteiger partial charge on any atom is -0.497 e. The Kier molecular flexibility index (Phi) is 5.94. The monoisotopic (exact) mass is 410 g/mol. The summed E-state index contributed by atoms with van der Waals surface area (Å²) >= 11 is 0. The van der Waals surface area contributed by atoms with Crippen LogP contribution in [-0.2, 0) is 10.0 Å². The average molecular weight is 411 g/mol. The standard InChI is InChI=1S/C23H26N2O3S/c1-15(2)19-9-6-16(3)23-21(13-19)17(4)12-22(23)29(26,27)25-24-14-18-7-10-20(28-5)11-8-18/h6-15,25H,1-5H3/b24-14-. The van der Waals surface area contributed by atoms with Crippen molar-refractivity contribution in [1.29, 1.82) is 0 Å². The van der Waals surface area contributed by atoms with Crippen molar-refractivity contribution in [2.75, 3.05) is 7.11 Å². The smallest absolute Gasteiger partial charge is 0.277 e. The van der Waals surface area contributed by atoms with E-state index in [0.29, 0.717) is 5.92 Å². The number of benzene rings is 1. The topological polar surface area (TPSA) is 67.8 Å². The molecule has 0 radical (unpaired) electrons. The van der Waals surface area contributed by atoms with Crippen LogP contribution in [0.1, 0.15) is 42.0 Å². The first kappa shape index (κ1) is 20.9. The van der Waals surface area contributed by atoms with Crippen LogP contribution >= 0.6 is 0 Å². The summed E-state index contributed by atoms with van der Waals surface area (Å²) < 4.78 is 31.1. The second-order valence-electron chi connectivity index (χ2n) is 7.42. The van der Waals surface area contributed by atoms with Crippen LogP contribution in [0.4, 0.5) is 0 Å². The summed E-state index contributed by atoms with van der Waals surface area (Å²) in [7, 11) is -2.21. The molecule has 0 saturated carbocycles. The zero-order valence-electron chi connectivity index (χ0n) is 17.4. The molecule has 0 amide bonds. The number of hydrogen-bond donors (Lipinski definition) is 1. The largest absolute Gasteiger partial charge is 0.497 e. The third kappa shape index (κ3) is 4.43. The molecular weight excluding hydrogens is 384 g/mol. The summed E-state index contributed by atoms with van der Waals surface area (Å²) in [5, 5.41) is 3.95. The SMILES string of the molecule is COc1ccc(/C=N\NS(=O)(=O)c2cc(C)c3cc(C(C)C)ccc(C)c2-3)cc1. The van der Waals surface area contributed by atoms with E-state index in [-0.39, 0.29) is 4.90 Å². The molecule has 1 aromatic carbocycles. The summed E-state index contributed by atoms with van der Waals surface area (Å²) in [5.74, 6) is 1.08. The van der Waals surface area contributed by atoms with Gasteiger partial charge in [-0.15, -0.1) is 0 Å². The Morgan fingerprint density at radius 3 is 2.31 bits per heavy atom. The second-order valence-corrected chi connectivity index (χ2v) is 9.05. The van der Waals surface area contributed by atoms with Crippen molar-refractivity contribution in [3.05, 3.63) is 70.8 Å². The minimum absolute atomic E-state index is 0.250. The summed E-state index contributed by atoms with van der Waals surface area (Å²) in [6.07, 6.45) is 1.47. The third-order valence-electron chi connectivity index (χ3n) is 4.98. The average Bonchev–Trinajstić information content (AvgIpc) is 2.91. The molecule has 2 aliphatic carbocycles. The molecule has 0 aromatic heterocycles. The molecule has 0 aliphatic heterocycles. The van der Waals surface area contributed by atoms with Gasteiger partial charge in [0.25, 0.3) is 10.0 Å². The van der Waals surface area contributed by atoms with E-state index >= 15 is 0 Å². The highest BCUT2D eigenvalue weighted by atomic mass is 32.2. The number of aryl methyl sites for hydroxylation is 2. The number of sulfonamides is 1. The molecule has 0 heterocycles. The quantitative estimate of drug-likeness (QED) is 0.466. The first-order valence-corrected chi connectivity index (χ1v) is 10.9. The van der Waals surface area contributed by atoms with Crippen LogP contribution in [0.5, 0.6) is 5.75 Å². The van der Waals surface area contributed by atoms with E-state index in [1.54, 1.807) is 37.4 Å². The normalized spacial score (nSPS) is 12.1. The van der Waals surface area contributed by atoms with Gasteiger partial charge in [0, 0.05) is 5.56 Å². The number of nitrogens with zero attached hydrogens (tertiary/aromatic N) is 1. The molecular formula is C23H26N2O3S. The van der Waals surface area contributed by atoms with E-state index in [9.17, 15) is 8.42 Å². The highest BCUT2D eigenvalue weighted by molar-refractivity contribution is 7.89. The molecule has 2 aliphatic rings. The number of rotatable bonds is 6. The van der Waals surface area contributed by atoms with Crippen LogP contribution in [0.15, 0.2) is 58.5 Å². The van der Waals surface area contributed by atoms with E-state index in [2.05, 4.69) is 35.9 Å². The molecule has 152 valence electrons. The van der Waals surface area contributed by atoms with Crippen LogP contribution in [0.3, 0.4) is 0 Å². The molecule has 0 bridgehead atoms. The zero-order chi connectivity index (χ0) is 21.2. The molecule has 6 heteroatoms. The van der Waals surface area contributed by atoms with Gasteiger partial charge in [0.05, 0.1) is 18.2 Å². The van der Waals surface area contributed by atoms with Crippen LogP contribution < -0.4 is 9.57 Å². The lowest BCUT2D eigenvalue weighted by Gasteiger charge is -2.07. The van der Waals surface area contributed by atoms with Crippen molar-refractivity contribution >= 4 is 16.2 Å². The van der Waals surface area contributed by atoms with Gasteiger partial charge >= 0.3 is 0 Å². The summed E-state index contributed by atoms with van der Waals surface area (Å²) in [4.78, 5) is 2.59. The molecule has 0 atom stereocenters. The molecule has 0 saturated heterocycles. The maximum Gasteiger partial charge on any atom is 0.277 e. The Hall–Kier alpha value is -2.86. The number of methoxy groups -OCH3 is 1. The Morgan fingerprint density at radius 1 is 1.00 bits per heavy atom. The van der Waals surface area contributed by atoms with E-state index < -0.39 is 10.0 Å². The molecule has 1 N–H and O–H groups in total. The summed E-state index contributed by atoms with van der Waals surface area (Å²) in [5.41, 5.74) is 5.48. The second kappa shape index (κ2) is 8.25. The molecule has 29 heavy (non-hydrogen) atoms. The van der Waals surface area contributed by atoms with Crippen molar-refractivity contribution in [2.45, 2.75) is 38.5 Å². The zero-order valence-corrected chi connectivity index (χ0v) is 18.2. The Labute approximate surface area is 172 Å². The lowest BCUT2D eigenvalue weighted by molar-refractivity contribution is 0.415. The van der Waals surface area contributed by atoms with E-state index in [1.807, 2.05) is 19.9 Å². The van der Waals surface area contributed by atoms with Crippen LogP contribution in [-0.4, -0.2) is 21.7 Å². The van der Waals surface area contributed by atoms with Crippen molar-refractivity contribution in [2.24, 2.45) is 5.10 Å². The van der Waals surface area contributed by atoms with Crippen molar-refractivity contribution in [3.63, 3.8) is 0 Å². The number of hydrogen-bond acceptors (Lipinski definition) is 4.